The van der Waals surface area contributed by atoms with Crippen molar-refractivity contribution in [2.75, 3.05) is 33.8 Å². The highest BCUT2D eigenvalue weighted by Gasteiger charge is 2.37. The third kappa shape index (κ3) is 4.61. The Morgan fingerprint density at radius 1 is 1.29 bits per heavy atom. The largest absolute Gasteiger partial charge is 0.508 e. The van der Waals surface area contributed by atoms with Gasteiger partial charge in [-0.1, -0.05) is 0 Å². The Hall–Kier alpha value is -1.79. The Balaban J connectivity index is 3.07. The summed E-state index contributed by atoms with van der Waals surface area (Å²) in [5.41, 5.74) is -0.681. The molecule has 0 saturated carbocycles. The Morgan fingerprint density at radius 3 is 2.33 bits per heavy atom. The van der Waals surface area contributed by atoms with Crippen molar-refractivity contribution in [3.05, 3.63) is 23.8 Å². The molecule has 1 aromatic carbocycles. The van der Waals surface area contributed by atoms with Crippen LogP contribution >= 0.6 is 0 Å². The second-order valence-corrected chi connectivity index (χ2v) is 5.31. The lowest BCUT2D eigenvalue weighted by atomic mass is 9.91. The maximum atomic E-state index is 12.3. The van der Waals surface area contributed by atoms with Crippen LogP contribution in [0.25, 0.3) is 0 Å². The predicted octanol–water partition coefficient (Wildman–Crippen LogP) is 1.03. The Kier molecular flexibility index (Phi) is 5.99. The number of hydrogen-bond donors (Lipinski definition) is 3. The number of ether oxygens (including phenoxy) is 1. The van der Waals surface area contributed by atoms with E-state index in [2.05, 4.69) is 5.32 Å². The maximum Gasteiger partial charge on any atom is 0.330 e. The second-order valence-electron chi connectivity index (χ2n) is 5.31. The zero-order valence-corrected chi connectivity index (χ0v) is 13.0. The molecule has 0 aliphatic rings. The van der Waals surface area contributed by atoms with E-state index in [1.165, 1.54) is 18.2 Å². The summed E-state index contributed by atoms with van der Waals surface area (Å²) in [6, 6.07) is 4.10. The molecule has 1 unspecified atom stereocenters. The molecule has 0 heterocycles. The number of nitrogens with one attached hydrogen (secondary N) is 1. The molecule has 0 aliphatic heterocycles. The van der Waals surface area contributed by atoms with Gasteiger partial charge in [0, 0.05) is 19.2 Å². The highest BCUT2D eigenvalue weighted by Crippen LogP contribution is 2.29. The third-order valence-electron chi connectivity index (χ3n) is 3.20. The van der Waals surface area contributed by atoms with Crippen molar-refractivity contribution in [2.45, 2.75) is 19.4 Å². The molecule has 0 fully saturated rings. The molecule has 1 atom stereocenters. The molecule has 21 heavy (non-hydrogen) atoms. The highest BCUT2D eigenvalue weighted by atomic mass is 16.5. The lowest BCUT2D eigenvalue weighted by molar-refractivity contribution is -0.151. The molecule has 0 aliphatic carbocycles. The fourth-order valence-corrected chi connectivity index (χ4v) is 1.98. The van der Waals surface area contributed by atoms with Gasteiger partial charge in [-0.2, -0.15) is 0 Å². The number of carbonyl (C=O) groups is 1. The standard InChI is InChI=1S/C15H24N2O4/c1-5-21-14(20)15(2,16-6-7-17(3)4)11-8-12(18)10-13(19)9-11/h8-10,16,18-19H,5-7H2,1-4H3. The van der Waals surface area contributed by atoms with Crippen LogP contribution in [0, 0.1) is 0 Å². The number of rotatable bonds is 7. The van der Waals surface area contributed by atoms with Crippen LogP contribution in [0.1, 0.15) is 19.4 Å². The van der Waals surface area contributed by atoms with Gasteiger partial charge in [0.15, 0.2) is 0 Å². The number of esters is 1. The number of hydrogen-bond acceptors (Lipinski definition) is 6. The summed E-state index contributed by atoms with van der Waals surface area (Å²) in [7, 11) is 3.87. The van der Waals surface area contributed by atoms with Gasteiger partial charge in [-0.15, -0.1) is 0 Å². The highest BCUT2D eigenvalue weighted by molar-refractivity contribution is 5.82. The van der Waals surface area contributed by atoms with Gasteiger partial charge in [0.2, 0.25) is 0 Å². The zero-order chi connectivity index (χ0) is 16.0. The molecule has 6 nitrogen and oxygen atoms in total. The summed E-state index contributed by atoms with van der Waals surface area (Å²) in [5.74, 6) is -0.654. The number of phenols is 2. The van der Waals surface area contributed by atoms with Gasteiger partial charge in [-0.25, -0.2) is 4.79 Å². The summed E-state index contributed by atoms with van der Waals surface area (Å²) in [6.07, 6.45) is 0. The normalized spacial score (nSPS) is 14.0. The summed E-state index contributed by atoms with van der Waals surface area (Å²) in [6.45, 7) is 4.96. The average Bonchev–Trinajstić information content (AvgIpc) is 2.37. The zero-order valence-electron chi connectivity index (χ0n) is 13.0. The SMILES string of the molecule is CCOC(=O)C(C)(NCCN(C)C)c1cc(O)cc(O)c1. The van der Waals surface area contributed by atoms with Gasteiger partial charge in [0.05, 0.1) is 6.61 Å². The Bertz CT molecular complexity index is 470. The van der Waals surface area contributed by atoms with Crippen LogP contribution in [0.3, 0.4) is 0 Å². The fourth-order valence-electron chi connectivity index (χ4n) is 1.98. The minimum atomic E-state index is -1.14. The lowest BCUT2D eigenvalue weighted by Crippen LogP contribution is -2.49. The van der Waals surface area contributed by atoms with E-state index in [1.807, 2.05) is 19.0 Å². The van der Waals surface area contributed by atoms with E-state index >= 15 is 0 Å². The first-order valence-electron chi connectivity index (χ1n) is 6.90. The predicted molar refractivity (Wildman–Crippen MR) is 80.3 cm³/mol. The van der Waals surface area contributed by atoms with Crippen LogP contribution < -0.4 is 5.32 Å². The summed E-state index contributed by atoms with van der Waals surface area (Å²) in [4.78, 5) is 14.3. The molecular formula is C15H24N2O4. The number of nitrogens with zero attached hydrogens (tertiary/aromatic N) is 1. The number of carbonyl (C=O) groups excluding carboxylic acids is 1. The molecule has 0 bridgehead atoms. The Labute approximate surface area is 125 Å². The molecule has 6 heteroatoms. The van der Waals surface area contributed by atoms with E-state index in [-0.39, 0.29) is 18.1 Å². The van der Waals surface area contributed by atoms with E-state index in [0.29, 0.717) is 12.1 Å². The van der Waals surface area contributed by atoms with Crippen LogP contribution in [0.5, 0.6) is 11.5 Å². The minimum Gasteiger partial charge on any atom is -0.508 e. The lowest BCUT2D eigenvalue weighted by Gasteiger charge is -2.30. The van der Waals surface area contributed by atoms with Crippen molar-refractivity contribution in [3.63, 3.8) is 0 Å². The van der Waals surface area contributed by atoms with Gasteiger partial charge in [0.1, 0.15) is 17.0 Å². The third-order valence-corrected chi connectivity index (χ3v) is 3.20. The van der Waals surface area contributed by atoms with Crippen LogP contribution in [0.15, 0.2) is 18.2 Å². The summed E-state index contributed by atoms with van der Waals surface area (Å²) < 4.78 is 5.12. The van der Waals surface area contributed by atoms with Crippen LogP contribution in [0.2, 0.25) is 0 Å². The number of benzene rings is 1. The molecule has 1 rings (SSSR count). The number of aromatic hydroxyl groups is 2. The minimum absolute atomic E-state index is 0.102. The van der Waals surface area contributed by atoms with Crippen molar-refractivity contribution in [2.24, 2.45) is 0 Å². The first-order valence-corrected chi connectivity index (χ1v) is 6.90. The van der Waals surface area contributed by atoms with E-state index in [4.69, 9.17) is 4.74 Å². The molecule has 0 spiro atoms. The van der Waals surface area contributed by atoms with Gasteiger partial charge < -0.3 is 19.8 Å². The number of phenolic OH excluding ortho intramolecular Hbond substituents is 2. The summed E-state index contributed by atoms with van der Waals surface area (Å²) >= 11 is 0. The quantitative estimate of drug-likeness (QED) is 0.652. The molecule has 0 radical (unpaired) electrons. The van der Waals surface area contributed by atoms with Crippen molar-refractivity contribution >= 4 is 5.97 Å². The first kappa shape index (κ1) is 17.3. The van der Waals surface area contributed by atoms with Gasteiger partial charge in [-0.05, 0) is 45.6 Å². The van der Waals surface area contributed by atoms with E-state index in [1.54, 1.807) is 13.8 Å². The van der Waals surface area contributed by atoms with E-state index in [0.717, 1.165) is 6.54 Å². The molecule has 1 aromatic rings. The smallest absolute Gasteiger partial charge is 0.330 e. The molecule has 118 valence electrons. The van der Waals surface area contributed by atoms with Crippen LogP contribution in [-0.2, 0) is 15.1 Å². The van der Waals surface area contributed by atoms with Gasteiger partial charge >= 0.3 is 5.97 Å². The maximum absolute atomic E-state index is 12.3. The van der Waals surface area contributed by atoms with Crippen LogP contribution in [0.4, 0.5) is 0 Å². The molecule has 0 amide bonds. The average molecular weight is 296 g/mol. The van der Waals surface area contributed by atoms with Crippen molar-refractivity contribution in [1.82, 2.24) is 10.2 Å². The Morgan fingerprint density at radius 2 is 1.86 bits per heavy atom. The fraction of sp³-hybridized carbons (Fsp3) is 0.533. The van der Waals surface area contributed by atoms with Gasteiger partial charge in [0.25, 0.3) is 0 Å². The van der Waals surface area contributed by atoms with Gasteiger partial charge in [-0.3, -0.25) is 5.32 Å². The van der Waals surface area contributed by atoms with Crippen molar-refractivity contribution in [3.8, 4) is 11.5 Å². The molecule has 3 N–H and O–H groups in total. The monoisotopic (exact) mass is 296 g/mol. The van der Waals surface area contributed by atoms with E-state index in [9.17, 15) is 15.0 Å². The number of likely N-dealkylation sites (N-methyl/N-ethyl adjacent to an activating group) is 1. The second kappa shape index (κ2) is 7.28. The van der Waals surface area contributed by atoms with Crippen molar-refractivity contribution < 1.29 is 19.7 Å². The van der Waals surface area contributed by atoms with Crippen molar-refractivity contribution in [1.29, 1.82) is 0 Å². The molecular weight excluding hydrogens is 272 g/mol. The first-order chi connectivity index (χ1) is 9.79. The van der Waals surface area contributed by atoms with Crippen LogP contribution in [-0.4, -0.2) is 54.9 Å². The molecule has 0 saturated heterocycles. The van der Waals surface area contributed by atoms with E-state index < -0.39 is 11.5 Å². The topological polar surface area (TPSA) is 82.0 Å². The summed E-state index contributed by atoms with van der Waals surface area (Å²) in [5, 5.41) is 22.4. The molecule has 0 aromatic heterocycles.